The van der Waals surface area contributed by atoms with Gasteiger partial charge >= 0.3 is 0 Å². The van der Waals surface area contributed by atoms with Crippen LogP contribution in [0.5, 0.6) is 0 Å². The summed E-state index contributed by atoms with van der Waals surface area (Å²) in [5.74, 6) is 1.41. The van der Waals surface area contributed by atoms with E-state index in [1.54, 1.807) is 33.3 Å². The molecule has 0 spiro atoms. The molecule has 8 nitrogen and oxygen atoms in total. The Morgan fingerprint density at radius 3 is 2.53 bits per heavy atom. The SMILES string of the molecule is C.CCC(C)c1ccc(S(=O)(=O)N2CCC(c3cc(NCc4cccnc4)n4ncc(Br)c4n3)CC2)cc1. The number of pyridine rings is 1. The van der Waals surface area contributed by atoms with Crippen molar-refractivity contribution < 1.29 is 8.42 Å². The van der Waals surface area contributed by atoms with Gasteiger partial charge in [-0.1, -0.05) is 39.5 Å². The number of nitrogens with zero attached hydrogens (tertiary/aromatic N) is 5. The molecule has 1 saturated heterocycles. The molecule has 4 aromatic rings. The zero-order chi connectivity index (χ0) is 26.0. The number of halogens is 1. The van der Waals surface area contributed by atoms with E-state index in [1.165, 1.54) is 5.56 Å². The molecule has 0 aliphatic carbocycles. The molecule has 0 saturated carbocycles. The average Bonchev–Trinajstić information content (AvgIpc) is 3.32. The molecule has 1 N–H and O–H groups in total. The molecule has 10 heteroatoms. The maximum absolute atomic E-state index is 13.3. The number of sulfonamides is 1. The lowest BCUT2D eigenvalue weighted by Gasteiger charge is -2.31. The van der Waals surface area contributed by atoms with Crippen LogP contribution in [0.4, 0.5) is 5.82 Å². The molecule has 1 aliphatic heterocycles. The molecule has 3 aromatic heterocycles. The molecule has 202 valence electrons. The van der Waals surface area contributed by atoms with Crippen LogP contribution >= 0.6 is 15.9 Å². The summed E-state index contributed by atoms with van der Waals surface area (Å²) < 4.78 is 30.8. The zero-order valence-corrected chi connectivity index (χ0v) is 23.4. The van der Waals surface area contributed by atoms with Crippen LogP contribution in [-0.4, -0.2) is 45.4 Å². The molecule has 38 heavy (non-hydrogen) atoms. The summed E-state index contributed by atoms with van der Waals surface area (Å²) >= 11 is 3.56. The van der Waals surface area contributed by atoms with Crippen LogP contribution in [0.15, 0.2) is 70.4 Å². The van der Waals surface area contributed by atoms with Crippen LogP contribution in [-0.2, 0) is 16.6 Å². The van der Waals surface area contributed by atoms with E-state index in [-0.39, 0.29) is 13.3 Å². The van der Waals surface area contributed by atoms with Crippen molar-refractivity contribution in [1.29, 1.82) is 0 Å². The van der Waals surface area contributed by atoms with Gasteiger partial charge in [0.25, 0.3) is 0 Å². The smallest absolute Gasteiger partial charge is 0.243 e. The number of nitrogens with one attached hydrogen (secondary N) is 1. The third-order valence-corrected chi connectivity index (χ3v) is 9.69. The topological polar surface area (TPSA) is 92.5 Å². The second-order valence-electron chi connectivity index (χ2n) is 9.57. The van der Waals surface area contributed by atoms with Gasteiger partial charge in [-0.2, -0.15) is 13.9 Å². The summed E-state index contributed by atoms with van der Waals surface area (Å²) in [7, 11) is -3.52. The van der Waals surface area contributed by atoms with Gasteiger partial charge in [0.15, 0.2) is 5.65 Å². The van der Waals surface area contributed by atoms with Crippen molar-refractivity contribution in [2.45, 2.75) is 63.8 Å². The third kappa shape index (κ3) is 5.77. The lowest BCUT2D eigenvalue weighted by atomic mass is 9.94. The van der Waals surface area contributed by atoms with Gasteiger partial charge in [-0.3, -0.25) is 4.98 Å². The molecular formula is C28H35BrN6O2S. The molecule has 0 radical (unpaired) electrons. The Labute approximate surface area is 233 Å². The standard InChI is InChI=1S/C27H31BrN6O2S.CH4/c1-3-19(2)21-6-8-23(9-7-21)37(35,36)33-13-10-22(11-14-33)25-15-26(30-17-20-5-4-12-29-16-20)34-27(32-25)24(28)18-31-34;/h4-9,12,15-16,18-19,22,30H,3,10-11,13-14,17H2,1-2H3;1H4. The highest BCUT2D eigenvalue weighted by Gasteiger charge is 2.31. The lowest BCUT2D eigenvalue weighted by molar-refractivity contribution is 0.317. The maximum Gasteiger partial charge on any atom is 0.243 e. The molecule has 1 fully saturated rings. The molecule has 1 unspecified atom stereocenters. The van der Waals surface area contributed by atoms with Crippen LogP contribution in [0.1, 0.15) is 69.2 Å². The van der Waals surface area contributed by atoms with Gasteiger partial charge in [-0.25, -0.2) is 13.4 Å². The van der Waals surface area contributed by atoms with E-state index in [0.717, 1.165) is 33.6 Å². The van der Waals surface area contributed by atoms with E-state index in [9.17, 15) is 8.42 Å². The summed E-state index contributed by atoms with van der Waals surface area (Å²) in [4.78, 5) is 9.43. The van der Waals surface area contributed by atoms with Gasteiger partial charge in [0.05, 0.1) is 15.6 Å². The minimum atomic E-state index is -3.52. The lowest BCUT2D eigenvalue weighted by Crippen LogP contribution is -2.38. The first-order valence-corrected chi connectivity index (χ1v) is 14.9. The quantitative estimate of drug-likeness (QED) is 0.259. The Bertz CT molecular complexity index is 1470. The van der Waals surface area contributed by atoms with E-state index in [0.29, 0.717) is 43.3 Å². The van der Waals surface area contributed by atoms with Gasteiger partial charge in [0.1, 0.15) is 5.82 Å². The summed E-state index contributed by atoms with van der Waals surface area (Å²) in [6.07, 6.45) is 7.77. The van der Waals surface area contributed by atoms with Gasteiger partial charge in [0, 0.05) is 49.7 Å². The molecule has 1 aliphatic rings. The highest BCUT2D eigenvalue weighted by Crippen LogP contribution is 2.33. The Hall–Kier alpha value is -2.82. The van der Waals surface area contributed by atoms with E-state index in [1.807, 2.05) is 36.5 Å². The van der Waals surface area contributed by atoms with E-state index < -0.39 is 10.0 Å². The number of anilines is 1. The highest BCUT2D eigenvalue weighted by molar-refractivity contribution is 9.10. The molecule has 0 bridgehead atoms. The Kier molecular flexibility index (Phi) is 8.85. The number of hydrogen-bond acceptors (Lipinski definition) is 6. The van der Waals surface area contributed by atoms with E-state index >= 15 is 0 Å². The number of benzene rings is 1. The molecule has 1 atom stereocenters. The highest BCUT2D eigenvalue weighted by atomic mass is 79.9. The molecule has 1 aromatic carbocycles. The normalized spacial score (nSPS) is 15.8. The van der Waals surface area contributed by atoms with Crippen molar-refractivity contribution in [3.8, 4) is 0 Å². The Morgan fingerprint density at radius 2 is 1.87 bits per heavy atom. The first-order chi connectivity index (χ1) is 17.9. The number of piperidine rings is 1. The number of hydrogen-bond donors (Lipinski definition) is 1. The van der Waals surface area contributed by atoms with Crippen LogP contribution in [0.2, 0.25) is 0 Å². The Balaban J connectivity index is 0.00000336. The number of rotatable bonds is 8. The van der Waals surface area contributed by atoms with Crippen molar-refractivity contribution in [2.75, 3.05) is 18.4 Å². The fourth-order valence-electron chi connectivity index (χ4n) is 4.73. The fourth-order valence-corrected chi connectivity index (χ4v) is 6.55. The van der Waals surface area contributed by atoms with Gasteiger partial charge < -0.3 is 5.32 Å². The van der Waals surface area contributed by atoms with Crippen LogP contribution in [0.3, 0.4) is 0 Å². The van der Waals surface area contributed by atoms with E-state index in [4.69, 9.17) is 4.98 Å². The summed E-state index contributed by atoms with van der Waals surface area (Å²) in [5, 5.41) is 7.92. The third-order valence-electron chi connectivity index (χ3n) is 7.22. The van der Waals surface area contributed by atoms with Crippen molar-refractivity contribution in [1.82, 2.24) is 23.9 Å². The minimum absolute atomic E-state index is 0. The van der Waals surface area contributed by atoms with Gasteiger partial charge in [0.2, 0.25) is 10.0 Å². The molecular weight excluding hydrogens is 564 g/mol. The predicted octanol–water partition coefficient (Wildman–Crippen LogP) is 6.22. The monoisotopic (exact) mass is 598 g/mol. The van der Waals surface area contributed by atoms with Crippen molar-refractivity contribution in [2.24, 2.45) is 0 Å². The second-order valence-corrected chi connectivity index (χ2v) is 12.4. The molecule has 4 heterocycles. The summed E-state index contributed by atoms with van der Waals surface area (Å²) in [6.45, 7) is 5.83. The largest absolute Gasteiger partial charge is 0.366 e. The van der Waals surface area contributed by atoms with Crippen LogP contribution in [0, 0.1) is 0 Å². The van der Waals surface area contributed by atoms with Crippen molar-refractivity contribution in [3.63, 3.8) is 0 Å². The van der Waals surface area contributed by atoms with Crippen LogP contribution in [0.25, 0.3) is 5.65 Å². The van der Waals surface area contributed by atoms with Crippen molar-refractivity contribution in [3.05, 3.63) is 82.3 Å². The summed E-state index contributed by atoms with van der Waals surface area (Å²) in [5.41, 5.74) is 3.91. The predicted molar refractivity (Wildman–Crippen MR) is 155 cm³/mol. The summed E-state index contributed by atoms with van der Waals surface area (Å²) in [6, 6.07) is 13.3. The van der Waals surface area contributed by atoms with Gasteiger partial charge in [-0.05, 0) is 70.4 Å². The fraction of sp³-hybridized carbons (Fsp3) is 0.393. The first-order valence-electron chi connectivity index (χ1n) is 12.6. The van der Waals surface area contributed by atoms with Crippen molar-refractivity contribution >= 4 is 37.4 Å². The first kappa shape index (κ1) is 28.2. The molecule has 0 amide bonds. The van der Waals surface area contributed by atoms with E-state index in [2.05, 4.69) is 45.2 Å². The number of fused-ring (bicyclic) bond motifs is 1. The Morgan fingerprint density at radius 1 is 1.13 bits per heavy atom. The van der Waals surface area contributed by atoms with Crippen LogP contribution < -0.4 is 5.32 Å². The average molecular weight is 600 g/mol. The minimum Gasteiger partial charge on any atom is -0.366 e. The van der Waals surface area contributed by atoms with Gasteiger partial charge in [-0.15, -0.1) is 0 Å². The zero-order valence-electron chi connectivity index (χ0n) is 21.0. The second kappa shape index (κ2) is 11.9. The molecule has 5 rings (SSSR count). The number of aromatic nitrogens is 4. The maximum atomic E-state index is 13.3.